The number of aromatic nitrogens is 3. The van der Waals surface area contributed by atoms with E-state index in [1.807, 2.05) is 59.6 Å². The van der Waals surface area contributed by atoms with E-state index in [0.29, 0.717) is 17.8 Å². The van der Waals surface area contributed by atoms with Crippen LogP contribution in [0.5, 0.6) is 0 Å². The van der Waals surface area contributed by atoms with Crippen molar-refractivity contribution in [1.82, 2.24) is 19.7 Å². The van der Waals surface area contributed by atoms with Crippen LogP contribution in [0.25, 0.3) is 11.5 Å². The fourth-order valence-corrected chi connectivity index (χ4v) is 3.51. The van der Waals surface area contributed by atoms with E-state index < -0.39 is 0 Å². The van der Waals surface area contributed by atoms with Crippen molar-refractivity contribution < 1.29 is 9.90 Å². The second-order valence-corrected chi connectivity index (χ2v) is 7.90. The molecule has 0 aliphatic carbocycles. The molecule has 0 fully saturated rings. The van der Waals surface area contributed by atoms with Gasteiger partial charge < -0.3 is 15.0 Å². The van der Waals surface area contributed by atoms with Gasteiger partial charge in [0.2, 0.25) is 0 Å². The lowest BCUT2D eigenvalue weighted by molar-refractivity contribution is 0.0915. The molecule has 1 aromatic carbocycles. The van der Waals surface area contributed by atoms with Gasteiger partial charge in [-0.05, 0) is 54.8 Å². The quantitative estimate of drug-likeness (QED) is 0.554. The molecule has 3 aromatic rings. The lowest BCUT2D eigenvalue weighted by Gasteiger charge is -2.16. The summed E-state index contributed by atoms with van der Waals surface area (Å²) in [6.07, 6.45) is 8.03. The number of nitrogens with one attached hydrogen (secondary N) is 1. The zero-order valence-electron chi connectivity index (χ0n) is 14.9. The number of carbonyl (C=O) groups is 1. The standard InChI is InChI=1S/C19H21BrN4O2S/c1-27-11-8-15(13-25)22-18(26)17-12-21-24(16-6-4-14(20)5-7-16)19(17)23-9-2-3-10-23/h2-7,9-10,12,15,25H,8,11,13H2,1H3,(H,22,26)/t15-/m0/s1. The maximum atomic E-state index is 12.9. The predicted octanol–water partition coefficient (Wildman–Crippen LogP) is 3.27. The Hall–Kier alpha value is -2.03. The molecule has 8 heteroatoms. The highest BCUT2D eigenvalue weighted by molar-refractivity contribution is 9.10. The van der Waals surface area contributed by atoms with Crippen molar-refractivity contribution in [3.8, 4) is 11.5 Å². The lowest BCUT2D eigenvalue weighted by atomic mass is 10.2. The van der Waals surface area contributed by atoms with Crippen LogP contribution in [0.15, 0.2) is 59.5 Å². The molecule has 0 aliphatic rings. The number of carbonyl (C=O) groups excluding carboxylic acids is 1. The molecule has 0 saturated heterocycles. The van der Waals surface area contributed by atoms with Crippen LogP contribution in [0.3, 0.4) is 0 Å². The number of hydrogen-bond donors (Lipinski definition) is 2. The maximum Gasteiger partial charge on any atom is 0.257 e. The van der Waals surface area contributed by atoms with Crippen LogP contribution in [0, 0.1) is 0 Å². The molecule has 0 radical (unpaired) electrons. The van der Waals surface area contributed by atoms with E-state index >= 15 is 0 Å². The summed E-state index contributed by atoms with van der Waals surface area (Å²) >= 11 is 5.12. The zero-order chi connectivity index (χ0) is 19.2. The number of amides is 1. The maximum absolute atomic E-state index is 12.9. The van der Waals surface area contributed by atoms with Crippen LogP contribution in [-0.2, 0) is 0 Å². The number of thioether (sulfide) groups is 1. The average molecular weight is 449 g/mol. The van der Waals surface area contributed by atoms with Gasteiger partial charge in [-0.15, -0.1) is 0 Å². The lowest BCUT2D eigenvalue weighted by Crippen LogP contribution is -2.38. The summed E-state index contributed by atoms with van der Waals surface area (Å²) in [6.45, 7) is -0.0913. The highest BCUT2D eigenvalue weighted by atomic mass is 79.9. The Bertz CT molecular complexity index is 878. The van der Waals surface area contributed by atoms with E-state index in [1.165, 1.54) is 0 Å². The first-order chi connectivity index (χ1) is 13.1. The Morgan fingerprint density at radius 1 is 1.30 bits per heavy atom. The van der Waals surface area contributed by atoms with Crippen LogP contribution in [0.4, 0.5) is 0 Å². The van der Waals surface area contributed by atoms with Gasteiger partial charge in [0.05, 0.1) is 24.5 Å². The van der Waals surface area contributed by atoms with Crippen molar-refractivity contribution in [2.24, 2.45) is 0 Å². The van der Waals surface area contributed by atoms with Crippen molar-refractivity contribution in [2.75, 3.05) is 18.6 Å². The summed E-state index contributed by atoms with van der Waals surface area (Å²) in [5, 5.41) is 16.9. The fraction of sp³-hybridized carbons (Fsp3) is 0.263. The van der Waals surface area contributed by atoms with Crippen molar-refractivity contribution in [3.63, 3.8) is 0 Å². The minimum atomic E-state index is -0.279. The highest BCUT2D eigenvalue weighted by Crippen LogP contribution is 2.21. The third-order valence-corrected chi connectivity index (χ3v) is 5.31. The molecule has 2 aromatic heterocycles. The third-order valence-electron chi connectivity index (χ3n) is 4.13. The van der Waals surface area contributed by atoms with Crippen molar-refractivity contribution in [1.29, 1.82) is 0 Å². The first-order valence-electron chi connectivity index (χ1n) is 8.52. The van der Waals surface area contributed by atoms with Crippen molar-refractivity contribution in [3.05, 3.63) is 65.0 Å². The first-order valence-corrected chi connectivity index (χ1v) is 10.7. The molecule has 3 rings (SSSR count). The Labute approximate surface area is 170 Å². The number of nitrogens with zero attached hydrogens (tertiary/aromatic N) is 3. The van der Waals surface area contributed by atoms with Crippen molar-refractivity contribution >= 4 is 33.6 Å². The number of aliphatic hydroxyl groups is 1. The number of hydrogen-bond acceptors (Lipinski definition) is 4. The summed E-state index contributed by atoms with van der Waals surface area (Å²) in [4.78, 5) is 12.9. The van der Waals surface area contributed by atoms with E-state index in [0.717, 1.165) is 15.9 Å². The minimum Gasteiger partial charge on any atom is -0.394 e. The summed E-state index contributed by atoms with van der Waals surface area (Å²) in [6, 6.07) is 11.2. The molecule has 1 atom stereocenters. The minimum absolute atomic E-state index is 0.0913. The molecular weight excluding hydrogens is 428 g/mol. The summed E-state index contributed by atoms with van der Waals surface area (Å²) < 4.78 is 4.57. The van der Waals surface area contributed by atoms with Crippen LogP contribution in [0.2, 0.25) is 0 Å². The number of rotatable bonds is 8. The molecule has 142 valence electrons. The van der Waals surface area contributed by atoms with Gasteiger partial charge in [-0.1, -0.05) is 15.9 Å². The van der Waals surface area contributed by atoms with Crippen LogP contribution in [-0.4, -0.2) is 50.0 Å². The average Bonchev–Trinajstić information content (AvgIpc) is 3.34. The molecule has 0 bridgehead atoms. The number of halogens is 1. The number of benzene rings is 1. The zero-order valence-corrected chi connectivity index (χ0v) is 17.3. The van der Waals surface area contributed by atoms with E-state index in [-0.39, 0.29) is 18.6 Å². The van der Waals surface area contributed by atoms with E-state index in [9.17, 15) is 9.90 Å². The molecule has 27 heavy (non-hydrogen) atoms. The Morgan fingerprint density at radius 3 is 2.63 bits per heavy atom. The van der Waals surface area contributed by atoms with Gasteiger partial charge in [0.1, 0.15) is 5.56 Å². The first kappa shape index (κ1) is 19.7. The largest absolute Gasteiger partial charge is 0.394 e. The Balaban J connectivity index is 1.96. The Morgan fingerprint density at radius 2 is 2.00 bits per heavy atom. The normalized spacial score (nSPS) is 12.1. The van der Waals surface area contributed by atoms with Gasteiger partial charge >= 0.3 is 0 Å². The van der Waals surface area contributed by atoms with Gasteiger partial charge in [0.15, 0.2) is 5.82 Å². The molecule has 0 saturated carbocycles. The molecule has 2 heterocycles. The van der Waals surface area contributed by atoms with E-state index in [2.05, 4.69) is 26.3 Å². The summed E-state index contributed by atoms with van der Waals surface area (Å²) in [5.74, 6) is 1.28. The SMILES string of the molecule is CSCC[C@@H](CO)NC(=O)c1cnn(-c2ccc(Br)cc2)c1-n1cccc1. The molecule has 2 N–H and O–H groups in total. The highest BCUT2D eigenvalue weighted by Gasteiger charge is 2.22. The van der Waals surface area contributed by atoms with Gasteiger partial charge in [-0.3, -0.25) is 4.79 Å². The molecular formula is C19H21BrN4O2S. The van der Waals surface area contributed by atoms with Crippen LogP contribution in [0.1, 0.15) is 16.8 Å². The molecule has 0 aliphatic heterocycles. The molecule has 0 spiro atoms. The smallest absolute Gasteiger partial charge is 0.257 e. The van der Waals surface area contributed by atoms with Gasteiger partial charge in [-0.25, -0.2) is 4.68 Å². The second kappa shape index (κ2) is 9.25. The molecule has 6 nitrogen and oxygen atoms in total. The van der Waals surface area contributed by atoms with Gasteiger partial charge in [0, 0.05) is 16.9 Å². The van der Waals surface area contributed by atoms with E-state index in [1.54, 1.807) is 22.6 Å². The van der Waals surface area contributed by atoms with Gasteiger partial charge in [-0.2, -0.15) is 16.9 Å². The topological polar surface area (TPSA) is 72.1 Å². The van der Waals surface area contributed by atoms with Crippen LogP contribution < -0.4 is 5.32 Å². The fourth-order valence-electron chi connectivity index (χ4n) is 2.73. The molecule has 0 unspecified atom stereocenters. The van der Waals surface area contributed by atoms with Gasteiger partial charge in [0.25, 0.3) is 5.91 Å². The second-order valence-electron chi connectivity index (χ2n) is 5.99. The third kappa shape index (κ3) is 4.63. The predicted molar refractivity (Wildman–Crippen MR) is 112 cm³/mol. The monoisotopic (exact) mass is 448 g/mol. The molecule has 1 amide bonds. The summed E-state index contributed by atoms with van der Waals surface area (Å²) in [5.41, 5.74) is 1.30. The number of aliphatic hydroxyl groups excluding tert-OH is 1. The van der Waals surface area contributed by atoms with E-state index in [4.69, 9.17) is 0 Å². The van der Waals surface area contributed by atoms with Crippen LogP contribution >= 0.6 is 27.7 Å². The van der Waals surface area contributed by atoms with Crippen molar-refractivity contribution in [2.45, 2.75) is 12.5 Å². The summed E-state index contributed by atoms with van der Waals surface area (Å²) in [7, 11) is 0. The Kier molecular flexibility index (Phi) is 6.76.